The van der Waals surface area contributed by atoms with Gasteiger partial charge in [-0.3, -0.25) is 9.59 Å². The number of unbranched alkanes of at least 4 members (excludes halogenated alkanes) is 3. The van der Waals surface area contributed by atoms with Crippen molar-refractivity contribution in [1.29, 1.82) is 0 Å². The second-order valence-corrected chi connectivity index (χ2v) is 7.03. The number of rotatable bonds is 15. The van der Waals surface area contributed by atoms with Gasteiger partial charge >= 0.3 is 130 Å². The molecule has 6 nitrogen and oxygen atoms in total. The predicted octanol–water partition coefficient (Wildman–Crippen LogP) is 3.69. The summed E-state index contributed by atoms with van der Waals surface area (Å²) in [5, 5.41) is 7.86. The van der Waals surface area contributed by atoms with Crippen LogP contribution >= 0.6 is 0 Å². The number of aliphatic carboxylic acids is 1. The van der Waals surface area contributed by atoms with Gasteiger partial charge in [-0.25, -0.2) is 0 Å². The Balaban J connectivity index is 0. The van der Waals surface area contributed by atoms with Crippen molar-refractivity contribution in [2.75, 3.05) is 26.4 Å². The van der Waals surface area contributed by atoms with Crippen LogP contribution in [0.5, 0.6) is 0 Å². The van der Waals surface area contributed by atoms with Crippen LogP contribution in [-0.2, 0) is 44.2 Å². The first-order chi connectivity index (χ1) is 11.8. The van der Waals surface area contributed by atoms with Crippen molar-refractivity contribution in [3.63, 3.8) is 0 Å². The molecule has 0 aromatic carbocycles. The van der Waals surface area contributed by atoms with E-state index in [1.807, 2.05) is 20.4 Å². The second kappa shape index (κ2) is 18.5. The first-order valence-electron chi connectivity index (χ1n) is 9.13. The van der Waals surface area contributed by atoms with Crippen LogP contribution in [0.4, 0.5) is 0 Å². The molecule has 7 heteroatoms. The van der Waals surface area contributed by atoms with E-state index in [0.29, 0.717) is 6.61 Å². The Kier molecular flexibility index (Phi) is 20.0. The van der Waals surface area contributed by atoms with E-state index < -0.39 is 10.1 Å². The summed E-state index contributed by atoms with van der Waals surface area (Å²) in [7, 11) is 0. The van der Waals surface area contributed by atoms with Gasteiger partial charge in [0.15, 0.2) is 0 Å². The van der Waals surface area contributed by atoms with Crippen LogP contribution in [0.3, 0.4) is 0 Å². The summed E-state index contributed by atoms with van der Waals surface area (Å²) in [6.07, 6.45) is 6.32. The summed E-state index contributed by atoms with van der Waals surface area (Å²) < 4.78 is 16.8. The molecule has 25 heavy (non-hydrogen) atoms. The van der Waals surface area contributed by atoms with E-state index in [4.69, 9.17) is 19.3 Å². The average molecular weight is 395 g/mol. The molecule has 0 spiro atoms. The van der Waals surface area contributed by atoms with Crippen molar-refractivity contribution in [3.05, 3.63) is 0 Å². The number of carbonyl (C=O) groups excluding carboxylic acids is 1. The maximum absolute atomic E-state index is 9.87. The number of ether oxygens (including phenoxy) is 3. The molecule has 1 N–H and O–H groups in total. The average Bonchev–Trinajstić information content (AvgIpc) is 2.52. The third kappa shape index (κ3) is 21.7. The predicted molar refractivity (Wildman–Crippen MR) is 93.1 cm³/mol. The number of hydrogen-bond donors (Lipinski definition) is 1. The van der Waals surface area contributed by atoms with Gasteiger partial charge in [-0.1, -0.05) is 0 Å². The van der Waals surface area contributed by atoms with Gasteiger partial charge < -0.3 is 5.11 Å². The van der Waals surface area contributed by atoms with Crippen LogP contribution in [-0.4, -0.2) is 47.4 Å². The molecule has 0 atom stereocenters. The number of hydrogen-bond acceptors (Lipinski definition) is 5. The molecule has 0 saturated heterocycles. The zero-order valence-electron chi connectivity index (χ0n) is 16.3. The summed E-state index contributed by atoms with van der Waals surface area (Å²) in [6, 6.07) is 0. The molecule has 0 aliphatic heterocycles. The van der Waals surface area contributed by atoms with E-state index >= 15 is 0 Å². The van der Waals surface area contributed by atoms with Gasteiger partial charge in [-0.15, -0.1) is 0 Å². The van der Waals surface area contributed by atoms with Crippen LogP contribution in [0.1, 0.15) is 72.6 Å². The van der Waals surface area contributed by atoms with Crippen molar-refractivity contribution >= 4 is 11.8 Å². The first kappa shape index (κ1) is 27.0. The number of carboxylic acid groups (broad SMARTS) is 1. The number of ketones is 1. The molecule has 0 radical (unpaired) electrons. The van der Waals surface area contributed by atoms with Crippen LogP contribution in [0.25, 0.3) is 0 Å². The van der Waals surface area contributed by atoms with Gasteiger partial charge in [0.25, 0.3) is 0 Å². The van der Waals surface area contributed by atoms with Crippen LogP contribution in [0.15, 0.2) is 0 Å². The zero-order valence-corrected chi connectivity index (χ0v) is 17.8. The Morgan fingerprint density at radius 3 is 1.68 bits per heavy atom. The molecule has 0 unspecified atom stereocenters. The third-order valence-corrected chi connectivity index (χ3v) is 3.68. The molecule has 0 heterocycles. The quantitative estimate of drug-likeness (QED) is 0.197. The van der Waals surface area contributed by atoms with Crippen molar-refractivity contribution in [2.24, 2.45) is 0 Å². The van der Waals surface area contributed by atoms with Gasteiger partial charge in [0.05, 0.1) is 0 Å². The van der Waals surface area contributed by atoms with Crippen LogP contribution in [0, 0.1) is 0 Å². The number of Topliss-reactive ketones (excluding diaryl/α,β-unsaturated/α-hetero) is 1. The fourth-order valence-electron chi connectivity index (χ4n) is 1.55. The summed E-state index contributed by atoms with van der Waals surface area (Å²) in [6.45, 7) is 10.5. The zero-order chi connectivity index (χ0) is 19.6. The molecule has 0 aromatic rings. The molecule has 147 valence electrons. The number of carboxylic acids is 1. The first-order valence-corrected chi connectivity index (χ1v) is 9.91. The summed E-state index contributed by atoms with van der Waals surface area (Å²) in [5.41, 5.74) is 0. The van der Waals surface area contributed by atoms with E-state index in [1.165, 1.54) is 6.92 Å². The molecule has 0 bridgehead atoms. The van der Waals surface area contributed by atoms with Gasteiger partial charge in [0.2, 0.25) is 0 Å². The molecule has 0 aliphatic carbocycles. The van der Waals surface area contributed by atoms with Gasteiger partial charge in [-0.2, -0.15) is 0 Å². The Bertz CT molecular complexity index is 314. The Morgan fingerprint density at radius 2 is 1.36 bits per heavy atom. The van der Waals surface area contributed by atoms with Crippen molar-refractivity contribution < 1.29 is 49.3 Å². The molecule has 0 rings (SSSR count). The fourth-order valence-corrected chi connectivity index (χ4v) is 2.03. The Labute approximate surface area is 164 Å². The number of carbonyl (C=O) groups is 2. The van der Waals surface area contributed by atoms with E-state index in [1.54, 1.807) is 0 Å². The monoisotopic (exact) mass is 395 g/mol. The van der Waals surface area contributed by atoms with E-state index in [2.05, 4.69) is 20.8 Å². The molecule has 0 amide bonds. The molecular weight excluding hydrogens is 360 g/mol. The van der Waals surface area contributed by atoms with Crippen molar-refractivity contribution in [2.45, 2.75) is 76.7 Å². The molecule has 0 aliphatic rings. The third-order valence-electron chi connectivity index (χ3n) is 3.00. The van der Waals surface area contributed by atoms with E-state index in [9.17, 15) is 9.59 Å². The topological polar surface area (TPSA) is 82.1 Å². The normalized spacial score (nSPS) is 10.8. The minimum atomic E-state index is -1.06. The Hall–Kier alpha value is -0.266. The van der Waals surface area contributed by atoms with Crippen LogP contribution < -0.4 is 0 Å². The molecular formula is C18H35O6Ti. The standard InChI is InChI=1S/C14H29O3.C4H6O3.Ti/c1-4-7-10-15-13-14(16-11-8-5-2)17-12-9-6-3;1-3(5)2-4(6)7;/h4-13H2,1-3H3;2H2,1H3,(H,6,7);. The minimum absolute atomic E-state index is 0.312. The second-order valence-electron chi connectivity index (χ2n) is 5.84. The van der Waals surface area contributed by atoms with Crippen molar-refractivity contribution in [3.8, 4) is 0 Å². The van der Waals surface area contributed by atoms with Gasteiger partial charge in [-0.05, 0) is 6.92 Å². The van der Waals surface area contributed by atoms with Gasteiger partial charge in [0, 0.05) is 0 Å². The Morgan fingerprint density at radius 1 is 0.920 bits per heavy atom. The van der Waals surface area contributed by atoms with Crippen molar-refractivity contribution in [1.82, 2.24) is 0 Å². The van der Waals surface area contributed by atoms with Gasteiger partial charge in [0.1, 0.15) is 12.2 Å². The molecule has 0 fully saturated rings. The molecule has 0 aromatic heterocycles. The summed E-state index contributed by atoms with van der Waals surface area (Å²) in [4.78, 5) is 19.5. The summed E-state index contributed by atoms with van der Waals surface area (Å²) in [5.74, 6) is -1.37. The van der Waals surface area contributed by atoms with E-state index in [0.717, 1.165) is 58.3 Å². The fraction of sp³-hybridized carbons (Fsp3) is 0.889. The molecule has 0 saturated carbocycles. The van der Waals surface area contributed by atoms with E-state index in [-0.39, 0.29) is 12.2 Å². The maximum atomic E-state index is 9.87. The SMILES string of the molecule is CC(=O)CC(=O)O.CCCCOC[C]([Ti])(OCCCC)OCCCC. The van der Waals surface area contributed by atoms with Crippen LogP contribution in [0.2, 0.25) is 0 Å². The summed E-state index contributed by atoms with van der Waals surface area (Å²) >= 11 is 1.99.